The Balaban J connectivity index is 3.09. The smallest absolute Gasteiger partial charge is 0.386 e. The zero-order valence-corrected chi connectivity index (χ0v) is 8.25. The Morgan fingerprint density at radius 2 is 1.59 bits per heavy atom. The minimum absolute atomic E-state index is 0.0794. The second-order valence-corrected chi connectivity index (χ2v) is 3.29. The minimum atomic E-state index is -5.84. The summed E-state index contributed by atoms with van der Waals surface area (Å²) >= 11 is 0. The fraction of sp³-hybridized carbons (Fsp3) is 0.556. The molecule has 0 fully saturated rings. The van der Waals surface area contributed by atoms with Gasteiger partial charge in [0.1, 0.15) is 0 Å². The first-order valence-corrected chi connectivity index (χ1v) is 4.38. The molecule has 0 saturated carbocycles. The summed E-state index contributed by atoms with van der Waals surface area (Å²) in [5.41, 5.74) is 0. The van der Waals surface area contributed by atoms with Crippen molar-refractivity contribution < 1.29 is 35.5 Å². The maximum Gasteiger partial charge on any atom is 0.386 e. The van der Waals surface area contributed by atoms with Gasteiger partial charge in [0.15, 0.2) is 0 Å². The third-order valence-corrected chi connectivity index (χ3v) is 2.12. The molecule has 0 amide bonds. The molecule has 0 aliphatic heterocycles. The molecule has 0 unspecified atom stereocenters. The molecule has 0 bridgehead atoms. The van der Waals surface area contributed by atoms with Crippen LogP contribution in [-0.4, -0.2) is 24.4 Å². The number of hydrogen-bond donors (Lipinski definition) is 0. The van der Waals surface area contributed by atoms with Gasteiger partial charge in [-0.1, -0.05) is 6.08 Å². The Labute approximate surface area is 91.5 Å². The van der Waals surface area contributed by atoms with Gasteiger partial charge in [-0.05, 0) is 6.42 Å². The third-order valence-electron chi connectivity index (χ3n) is 2.12. The van der Waals surface area contributed by atoms with E-state index in [0.717, 1.165) is 0 Å². The molecule has 0 aromatic carbocycles. The Bertz CT molecular complexity index is 358. The van der Waals surface area contributed by atoms with Crippen LogP contribution in [0, 0.1) is 0 Å². The van der Waals surface area contributed by atoms with Crippen molar-refractivity contribution in [2.24, 2.45) is 0 Å². The topological polar surface area (TPSA) is 9.23 Å². The van der Waals surface area contributed by atoms with E-state index in [1.54, 1.807) is 0 Å². The molecule has 98 valence electrons. The Hall–Kier alpha value is -1.21. The highest BCUT2D eigenvalue weighted by atomic mass is 19.3. The molecule has 0 N–H and O–H groups in total. The number of allylic oxidation sites excluding steroid dienone is 2. The van der Waals surface area contributed by atoms with Crippen molar-refractivity contribution in [2.75, 3.05) is 6.61 Å². The zero-order chi connectivity index (χ0) is 13.5. The van der Waals surface area contributed by atoms with Crippen LogP contribution in [0.25, 0.3) is 0 Å². The van der Waals surface area contributed by atoms with Gasteiger partial charge in [0.2, 0.25) is 11.6 Å². The average molecular weight is 264 g/mol. The average Bonchev–Trinajstić information content (AvgIpc) is 2.29. The number of rotatable bonds is 4. The Morgan fingerprint density at radius 1 is 1.06 bits per heavy atom. The molecular formula is C9H7F7O. The van der Waals surface area contributed by atoms with Crippen molar-refractivity contribution in [1.29, 1.82) is 0 Å². The van der Waals surface area contributed by atoms with Gasteiger partial charge < -0.3 is 4.74 Å². The van der Waals surface area contributed by atoms with Crippen molar-refractivity contribution in [3.05, 3.63) is 24.2 Å². The predicted molar refractivity (Wildman–Crippen MR) is 43.7 cm³/mol. The predicted octanol–water partition coefficient (Wildman–Crippen LogP) is 3.68. The first-order valence-electron chi connectivity index (χ1n) is 4.38. The summed E-state index contributed by atoms with van der Waals surface area (Å²) in [6, 6.07) is 0. The lowest BCUT2D eigenvalue weighted by atomic mass is 10.1. The van der Waals surface area contributed by atoms with Gasteiger partial charge >= 0.3 is 17.8 Å². The molecule has 1 rings (SSSR count). The molecule has 0 heterocycles. The number of alkyl halides is 6. The number of ether oxygens (including phenoxy) is 1. The maximum absolute atomic E-state index is 12.9. The van der Waals surface area contributed by atoms with Crippen LogP contribution < -0.4 is 0 Å². The molecule has 0 saturated heterocycles. The molecule has 8 heteroatoms. The highest BCUT2D eigenvalue weighted by Crippen LogP contribution is 2.59. The third kappa shape index (κ3) is 1.69. The summed E-state index contributed by atoms with van der Waals surface area (Å²) in [5, 5.41) is 0. The van der Waals surface area contributed by atoms with E-state index in [-0.39, 0.29) is 6.42 Å². The second-order valence-electron chi connectivity index (χ2n) is 3.29. The van der Waals surface area contributed by atoms with Crippen LogP contribution in [0.4, 0.5) is 30.7 Å². The lowest BCUT2D eigenvalue weighted by Crippen LogP contribution is -2.49. The minimum Gasteiger partial charge on any atom is -0.489 e. The standard InChI is InChI=1S/C9H7F7O/c1-2-3-4-17-6-5(10)7(11,12)9(15,16)8(6,13)14/h2H,1,3-4H2. The van der Waals surface area contributed by atoms with Crippen LogP contribution in [0.2, 0.25) is 0 Å². The van der Waals surface area contributed by atoms with Gasteiger partial charge in [-0.2, -0.15) is 26.3 Å². The van der Waals surface area contributed by atoms with E-state index < -0.39 is 36.0 Å². The molecule has 1 nitrogen and oxygen atoms in total. The summed E-state index contributed by atoms with van der Waals surface area (Å²) in [6.07, 6.45) is 1.09. The Morgan fingerprint density at radius 3 is 1.94 bits per heavy atom. The van der Waals surface area contributed by atoms with E-state index >= 15 is 0 Å². The van der Waals surface area contributed by atoms with Gasteiger partial charge in [-0.25, -0.2) is 4.39 Å². The summed E-state index contributed by atoms with van der Waals surface area (Å²) in [6.45, 7) is 2.52. The first-order chi connectivity index (χ1) is 7.60. The van der Waals surface area contributed by atoms with Crippen LogP contribution in [-0.2, 0) is 4.74 Å². The SMILES string of the molecule is C=CCCOC1=C(F)C(F)(F)C(F)(F)C1(F)F. The molecule has 0 atom stereocenters. The summed E-state index contributed by atoms with van der Waals surface area (Å²) in [5.74, 6) is -22.0. The van der Waals surface area contributed by atoms with Crippen molar-refractivity contribution in [1.82, 2.24) is 0 Å². The Kier molecular flexibility index (Phi) is 3.19. The van der Waals surface area contributed by atoms with Crippen molar-refractivity contribution in [3.8, 4) is 0 Å². The van der Waals surface area contributed by atoms with E-state index in [9.17, 15) is 30.7 Å². The van der Waals surface area contributed by atoms with E-state index in [1.807, 2.05) is 0 Å². The summed E-state index contributed by atoms with van der Waals surface area (Å²) in [7, 11) is 0. The molecule has 0 aromatic rings. The van der Waals surface area contributed by atoms with E-state index in [0.29, 0.717) is 0 Å². The van der Waals surface area contributed by atoms with E-state index in [4.69, 9.17) is 0 Å². The van der Waals surface area contributed by atoms with E-state index in [1.165, 1.54) is 6.08 Å². The van der Waals surface area contributed by atoms with Crippen molar-refractivity contribution in [2.45, 2.75) is 24.2 Å². The number of halogens is 7. The normalized spacial score (nSPS) is 24.9. The van der Waals surface area contributed by atoms with Crippen LogP contribution in [0.15, 0.2) is 24.2 Å². The second kappa shape index (κ2) is 3.92. The van der Waals surface area contributed by atoms with Gasteiger partial charge in [0.05, 0.1) is 6.61 Å². The first kappa shape index (κ1) is 13.9. The van der Waals surface area contributed by atoms with Gasteiger partial charge in [-0.15, -0.1) is 6.58 Å². The zero-order valence-electron chi connectivity index (χ0n) is 8.25. The van der Waals surface area contributed by atoms with Crippen LogP contribution >= 0.6 is 0 Å². The summed E-state index contributed by atoms with van der Waals surface area (Å²) < 4.78 is 93.0. The van der Waals surface area contributed by atoms with Gasteiger partial charge in [0.25, 0.3) is 0 Å². The molecule has 0 radical (unpaired) electrons. The molecular weight excluding hydrogens is 257 g/mol. The molecule has 1 aliphatic carbocycles. The highest BCUT2D eigenvalue weighted by Gasteiger charge is 2.82. The lowest BCUT2D eigenvalue weighted by Gasteiger charge is -2.23. The van der Waals surface area contributed by atoms with Gasteiger partial charge in [-0.3, -0.25) is 0 Å². The highest BCUT2D eigenvalue weighted by molar-refractivity contribution is 5.33. The summed E-state index contributed by atoms with van der Waals surface area (Å²) in [4.78, 5) is 0. The van der Waals surface area contributed by atoms with Crippen LogP contribution in [0.1, 0.15) is 6.42 Å². The van der Waals surface area contributed by atoms with Crippen molar-refractivity contribution >= 4 is 0 Å². The number of hydrogen-bond acceptors (Lipinski definition) is 1. The van der Waals surface area contributed by atoms with Crippen LogP contribution in [0.3, 0.4) is 0 Å². The fourth-order valence-electron chi connectivity index (χ4n) is 1.16. The molecule has 0 spiro atoms. The largest absolute Gasteiger partial charge is 0.489 e. The quantitative estimate of drug-likeness (QED) is 0.427. The van der Waals surface area contributed by atoms with Crippen molar-refractivity contribution in [3.63, 3.8) is 0 Å². The fourth-order valence-corrected chi connectivity index (χ4v) is 1.16. The van der Waals surface area contributed by atoms with Gasteiger partial charge in [0, 0.05) is 0 Å². The lowest BCUT2D eigenvalue weighted by molar-refractivity contribution is -0.274. The molecule has 1 aliphatic rings. The monoisotopic (exact) mass is 264 g/mol. The molecule has 0 aromatic heterocycles. The van der Waals surface area contributed by atoms with E-state index in [2.05, 4.69) is 11.3 Å². The molecule has 17 heavy (non-hydrogen) atoms. The van der Waals surface area contributed by atoms with Crippen LogP contribution in [0.5, 0.6) is 0 Å². The maximum atomic E-state index is 12.9.